The number of nitrogens with one attached hydrogen (secondary N) is 1. The van der Waals surface area contributed by atoms with Gasteiger partial charge in [-0.1, -0.05) is 30.3 Å². The number of rotatable bonds is 5. The van der Waals surface area contributed by atoms with Gasteiger partial charge in [0.25, 0.3) is 0 Å². The van der Waals surface area contributed by atoms with Crippen LogP contribution in [0.15, 0.2) is 35.3 Å². The molecule has 0 spiro atoms. The van der Waals surface area contributed by atoms with Gasteiger partial charge in [-0.2, -0.15) is 0 Å². The maximum absolute atomic E-state index is 11.4. The molecule has 0 saturated carbocycles. The number of sulfone groups is 1. The molecule has 2 rings (SSSR count). The molecule has 0 atom stereocenters. The first-order valence-corrected chi connectivity index (χ1v) is 9.98. The Bertz CT molecular complexity index is 598. The second-order valence-corrected chi connectivity index (χ2v) is 8.63. The smallest absolute Gasteiger partial charge is 0.193 e. The molecule has 1 heterocycles. The minimum atomic E-state index is -2.76. The van der Waals surface area contributed by atoms with Crippen LogP contribution in [0.4, 0.5) is 0 Å². The third-order valence-corrected chi connectivity index (χ3v) is 5.90. The van der Waals surface area contributed by atoms with Crippen molar-refractivity contribution >= 4 is 15.8 Å². The van der Waals surface area contributed by atoms with Gasteiger partial charge < -0.3 is 10.2 Å². The number of benzene rings is 1. The van der Waals surface area contributed by atoms with Gasteiger partial charge in [0.05, 0.1) is 18.1 Å². The van der Waals surface area contributed by atoms with E-state index in [-0.39, 0.29) is 0 Å². The van der Waals surface area contributed by atoms with Gasteiger partial charge >= 0.3 is 0 Å². The largest absolute Gasteiger partial charge is 0.356 e. The van der Waals surface area contributed by atoms with E-state index in [4.69, 9.17) is 0 Å². The third-order valence-electron chi connectivity index (χ3n) is 4.19. The lowest BCUT2D eigenvalue weighted by Gasteiger charge is -2.23. The first-order valence-electron chi connectivity index (χ1n) is 8.16. The summed E-state index contributed by atoms with van der Waals surface area (Å²) in [7, 11) is 1.19. The number of aliphatic imine (C=N–C) groups is 1. The SMILES string of the molecule is CN(C)C(=NCc1ccccc1)NCCC1CCS(=O)(=O)CC1. The zero-order valence-electron chi connectivity index (χ0n) is 14.0. The highest BCUT2D eigenvalue weighted by Gasteiger charge is 2.23. The molecule has 128 valence electrons. The summed E-state index contributed by atoms with van der Waals surface area (Å²) >= 11 is 0. The van der Waals surface area contributed by atoms with Crippen LogP contribution in [0.1, 0.15) is 24.8 Å². The second kappa shape index (κ2) is 8.34. The van der Waals surface area contributed by atoms with Crippen LogP contribution in [0, 0.1) is 5.92 Å². The van der Waals surface area contributed by atoms with Gasteiger partial charge in [-0.3, -0.25) is 0 Å². The molecule has 1 aromatic carbocycles. The van der Waals surface area contributed by atoms with Gasteiger partial charge in [-0.15, -0.1) is 0 Å². The molecule has 1 saturated heterocycles. The molecular formula is C17H27N3O2S. The summed E-state index contributed by atoms with van der Waals surface area (Å²) in [5, 5.41) is 3.38. The topological polar surface area (TPSA) is 61.8 Å². The van der Waals surface area contributed by atoms with Crippen molar-refractivity contribution in [3.63, 3.8) is 0 Å². The summed E-state index contributed by atoms with van der Waals surface area (Å²) < 4.78 is 22.9. The van der Waals surface area contributed by atoms with Gasteiger partial charge in [-0.25, -0.2) is 13.4 Å². The van der Waals surface area contributed by atoms with Crippen molar-refractivity contribution in [3.8, 4) is 0 Å². The Labute approximate surface area is 139 Å². The van der Waals surface area contributed by atoms with Gasteiger partial charge in [0.1, 0.15) is 9.84 Å². The Balaban J connectivity index is 1.79. The number of hydrogen-bond donors (Lipinski definition) is 1. The van der Waals surface area contributed by atoms with E-state index in [0.29, 0.717) is 24.0 Å². The lowest BCUT2D eigenvalue weighted by atomic mass is 9.99. The van der Waals surface area contributed by atoms with Crippen LogP contribution >= 0.6 is 0 Å². The van der Waals surface area contributed by atoms with E-state index in [2.05, 4.69) is 22.4 Å². The van der Waals surface area contributed by atoms with E-state index >= 15 is 0 Å². The molecule has 1 fully saturated rings. The quantitative estimate of drug-likeness (QED) is 0.658. The second-order valence-electron chi connectivity index (χ2n) is 6.33. The highest BCUT2D eigenvalue weighted by molar-refractivity contribution is 7.91. The highest BCUT2D eigenvalue weighted by Crippen LogP contribution is 2.21. The Kier molecular flexibility index (Phi) is 6.45. The predicted molar refractivity (Wildman–Crippen MR) is 95.3 cm³/mol. The van der Waals surface area contributed by atoms with Gasteiger partial charge in [-0.05, 0) is 30.7 Å². The fourth-order valence-corrected chi connectivity index (χ4v) is 4.31. The van der Waals surface area contributed by atoms with Crippen molar-refractivity contribution in [2.75, 3.05) is 32.1 Å². The van der Waals surface area contributed by atoms with Crippen molar-refractivity contribution in [2.24, 2.45) is 10.9 Å². The molecule has 1 aliphatic rings. The number of nitrogens with zero attached hydrogens (tertiary/aromatic N) is 2. The van der Waals surface area contributed by atoms with Crippen LogP contribution in [0.25, 0.3) is 0 Å². The van der Waals surface area contributed by atoms with E-state index in [9.17, 15) is 8.42 Å². The zero-order chi connectivity index (χ0) is 16.7. The Morgan fingerprint density at radius 1 is 1.22 bits per heavy atom. The van der Waals surface area contributed by atoms with E-state index in [1.165, 1.54) is 5.56 Å². The van der Waals surface area contributed by atoms with E-state index in [0.717, 1.165) is 31.8 Å². The van der Waals surface area contributed by atoms with Crippen molar-refractivity contribution in [1.29, 1.82) is 0 Å². The van der Waals surface area contributed by atoms with Crippen molar-refractivity contribution in [2.45, 2.75) is 25.8 Å². The fourth-order valence-electron chi connectivity index (χ4n) is 2.72. The zero-order valence-corrected chi connectivity index (χ0v) is 14.8. The molecule has 5 nitrogen and oxygen atoms in total. The summed E-state index contributed by atoms with van der Waals surface area (Å²) in [5.41, 5.74) is 1.19. The number of hydrogen-bond acceptors (Lipinski definition) is 3. The molecule has 0 amide bonds. The summed E-state index contributed by atoms with van der Waals surface area (Å²) in [6.07, 6.45) is 2.58. The molecule has 0 aliphatic carbocycles. The van der Waals surface area contributed by atoms with Crippen LogP contribution in [0.5, 0.6) is 0 Å². The molecule has 0 aromatic heterocycles. The molecular weight excluding hydrogens is 310 g/mol. The average Bonchev–Trinajstić information content (AvgIpc) is 2.52. The molecule has 1 aliphatic heterocycles. The standard InChI is InChI=1S/C17H27N3O2S/c1-20(2)17(19-14-16-6-4-3-5-7-16)18-11-8-15-9-12-23(21,22)13-10-15/h3-7,15H,8-14H2,1-2H3,(H,18,19). The molecule has 1 N–H and O–H groups in total. The Hall–Kier alpha value is -1.56. The first-order chi connectivity index (χ1) is 11.0. The lowest BCUT2D eigenvalue weighted by molar-refractivity contribution is 0.430. The van der Waals surface area contributed by atoms with Gasteiger partial charge in [0.2, 0.25) is 0 Å². The van der Waals surface area contributed by atoms with E-state index in [1.807, 2.05) is 37.2 Å². The maximum Gasteiger partial charge on any atom is 0.193 e. The minimum Gasteiger partial charge on any atom is -0.356 e. The highest BCUT2D eigenvalue weighted by atomic mass is 32.2. The Morgan fingerprint density at radius 2 is 1.87 bits per heavy atom. The Morgan fingerprint density at radius 3 is 2.48 bits per heavy atom. The molecule has 0 radical (unpaired) electrons. The summed E-state index contributed by atoms with van der Waals surface area (Å²) in [5.74, 6) is 2.07. The van der Waals surface area contributed by atoms with Crippen LogP contribution in [-0.2, 0) is 16.4 Å². The minimum absolute atomic E-state index is 0.348. The van der Waals surface area contributed by atoms with Crippen LogP contribution in [0.3, 0.4) is 0 Å². The fraction of sp³-hybridized carbons (Fsp3) is 0.588. The van der Waals surface area contributed by atoms with Crippen molar-refractivity contribution in [1.82, 2.24) is 10.2 Å². The van der Waals surface area contributed by atoms with Crippen LogP contribution in [0.2, 0.25) is 0 Å². The normalized spacial score (nSPS) is 18.6. The summed E-state index contributed by atoms with van der Waals surface area (Å²) in [4.78, 5) is 6.62. The van der Waals surface area contributed by atoms with E-state index < -0.39 is 9.84 Å². The molecule has 0 unspecified atom stereocenters. The van der Waals surface area contributed by atoms with Crippen LogP contribution < -0.4 is 5.32 Å². The van der Waals surface area contributed by atoms with Gasteiger partial charge in [0, 0.05) is 20.6 Å². The average molecular weight is 337 g/mol. The van der Waals surface area contributed by atoms with E-state index in [1.54, 1.807) is 0 Å². The predicted octanol–water partition coefficient (Wildman–Crippen LogP) is 1.91. The van der Waals surface area contributed by atoms with Crippen molar-refractivity contribution < 1.29 is 8.42 Å². The van der Waals surface area contributed by atoms with Crippen LogP contribution in [-0.4, -0.2) is 51.4 Å². The molecule has 23 heavy (non-hydrogen) atoms. The van der Waals surface area contributed by atoms with Gasteiger partial charge in [0.15, 0.2) is 5.96 Å². The van der Waals surface area contributed by atoms with Crippen molar-refractivity contribution in [3.05, 3.63) is 35.9 Å². The monoisotopic (exact) mass is 337 g/mol. The first kappa shape index (κ1) is 17.8. The maximum atomic E-state index is 11.4. The molecule has 0 bridgehead atoms. The summed E-state index contributed by atoms with van der Waals surface area (Å²) in [6, 6.07) is 10.2. The molecule has 1 aromatic rings. The number of guanidine groups is 1. The third kappa shape index (κ3) is 6.22. The summed E-state index contributed by atoms with van der Waals surface area (Å²) in [6.45, 7) is 1.49. The lowest BCUT2D eigenvalue weighted by Crippen LogP contribution is -2.38. The molecule has 6 heteroatoms.